The molecular weight excluding hydrogens is 314 g/mol. The lowest BCUT2D eigenvalue weighted by atomic mass is 10.2. The van der Waals surface area contributed by atoms with Crippen LogP contribution in [0.1, 0.15) is 23.0 Å². The molecular formula is C17H17NO6. The molecule has 0 atom stereocenters. The maximum absolute atomic E-state index is 12.2. The lowest BCUT2D eigenvalue weighted by Gasteiger charge is -2.20. The molecule has 1 aliphatic rings. The van der Waals surface area contributed by atoms with Crippen molar-refractivity contribution in [1.29, 1.82) is 0 Å². The molecule has 0 aliphatic carbocycles. The summed E-state index contributed by atoms with van der Waals surface area (Å²) in [7, 11) is 0. The Morgan fingerprint density at radius 2 is 2.04 bits per heavy atom. The van der Waals surface area contributed by atoms with Crippen LogP contribution in [-0.2, 0) is 16.1 Å². The molecule has 1 amide bonds. The second-order valence-electron chi connectivity index (χ2n) is 5.15. The van der Waals surface area contributed by atoms with Gasteiger partial charge in [-0.15, -0.1) is 0 Å². The van der Waals surface area contributed by atoms with Crippen LogP contribution in [0.3, 0.4) is 0 Å². The SMILES string of the molecule is CCN(Cc1ccc2c(c1)OCO2)C(=O)COC(=O)c1ccco1. The fourth-order valence-corrected chi connectivity index (χ4v) is 2.32. The highest BCUT2D eigenvalue weighted by atomic mass is 16.7. The Balaban J connectivity index is 1.57. The number of furan rings is 1. The summed E-state index contributed by atoms with van der Waals surface area (Å²) >= 11 is 0. The van der Waals surface area contributed by atoms with Crippen molar-refractivity contribution in [2.24, 2.45) is 0 Å². The molecule has 7 heteroatoms. The Kier molecular flexibility index (Phi) is 4.69. The first-order chi connectivity index (χ1) is 11.7. The van der Waals surface area contributed by atoms with E-state index in [4.69, 9.17) is 18.6 Å². The van der Waals surface area contributed by atoms with E-state index in [0.717, 1.165) is 5.56 Å². The minimum atomic E-state index is -0.660. The normalized spacial score (nSPS) is 12.0. The number of esters is 1. The standard InChI is InChI=1S/C17H17NO6/c1-2-18(9-12-5-6-13-15(8-12)24-11-23-13)16(19)10-22-17(20)14-4-3-7-21-14/h3-8H,2,9-11H2,1H3. The summed E-state index contributed by atoms with van der Waals surface area (Å²) in [4.78, 5) is 25.5. The van der Waals surface area contributed by atoms with Gasteiger partial charge in [-0.25, -0.2) is 4.79 Å². The van der Waals surface area contributed by atoms with Crippen LogP contribution in [0.2, 0.25) is 0 Å². The first-order valence-corrected chi connectivity index (χ1v) is 7.54. The maximum Gasteiger partial charge on any atom is 0.374 e. The van der Waals surface area contributed by atoms with E-state index >= 15 is 0 Å². The van der Waals surface area contributed by atoms with E-state index in [1.54, 1.807) is 11.0 Å². The zero-order valence-corrected chi connectivity index (χ0v) is 13.2. The second kappa shape index (κ2) is 7.08. The van der Waals surface area contributed by atoms with Gasteiger partial charge in [0.05, 0.1) is 6.26 Å². The van der Waals surface area contributed by atoms with Crippen LogP contribution < -0.4 is 9.47 Å². The summed E-state index contributed by atoms with van der Waals surface area (Å²) in [6.45, 7) is 2.62. The molecule has 0 bridgehead atoms. The highest BCUT2D eigenvalue weighted by Crippen LogP contribution is 2.32. The average Bonchev–Trinajstić information content (AvgIpc) is 3.27. The zero-order valence-electron chi connectivity index (χ0n) is 13.2. The molecule has 0 saturated carbocycles. The Hall–Kier alpha value is -2.96. The van der Waals surface area contributed by atoms with Crippen molar-refractivity contribution in [1.82, 2.24) is 4.90 Å². The molecule has 0 radical (unpaired) electrons. The summed E-state index contributed by atoms with van der Waals surface area (Å²) < 4.78 is 20.5. The third-order valence-electron chi connectivity index (χ3n) is 3.59. The van der Waals surface area contributed by atoms with Crippen molar-refractivity contribution in [2.75, 3.05) is 19.9 Å². The van der Waals surface area contributed by atoms with Crippen LogP contribution in [0, 0.1) is 0 Å². The number of likely N-dealkylation sites (N-methyl/N-ethyl adjacent to an activating group) is 1. The zero-order chi connectivity index (χ0) is 16.9. The monoisotopic (exact) mass is 331 g/mol. The number of hydrogen-bond acceptors (Lipinski definition) is 6. The van der Waals surface area contributed by atoms with Gasteiger partial charge in [0.1, 0.15) is 0 Å². The maximum atomic E-state index is 12.2. The van der Waals surface area contributed by atoms with Crippen molar-refractivity contribution < 1.29 is 28.2 Å². The van der Waals surface area contributed by atoms with Crippen LogP contribution in [0.4, 0.5) is 0 Å². The summed E-state index contributed by atoms with van der Waals surface area (Å²) in [5, 5.41) is 0. The number of nitrogens with zero attached hydrogens (tertiary/aromatic N) is 1. The number of rotatable bonds is 6. The van der Waals surface area contributed by atoms with Crippen LogP contribution in [-0.4, -0.2) is 36.7 Å². The van der Waals surface area contributed by atoms with E-state index < -0.39 is 5.97 Å². The van der Waals surface area contributed by atoms with Gasteiger partial charge in [0.25, 0.3) is 5.91 Å². The molecule has 2 aromatic rings. The first-order valence-electron chi connectivity index (χ1n) is 7.54. The Morgan fingerprint density at radius 1 is 1.21 bits per heavy atom. The van der Waals surface area contributed by atoms with Crippen molar-refractivity contribution in [2.45, 2.75) is 13.5 Å². The molecule has 0 spiro atoms. The summed E-state index contributed by atoms with van der Waals surface area (Å²) in [6.07, 6.45) is 1.37. The van der Waals surface area contributed by atoms with Crippen molar-refractivity contribution >= 4 is 11.9 Å². The lowest BCUT2D eigenvalue weighted by Crippen LogP contribution is -2.34. The fraction of sp³-hybridized carbons (Fsp3) is 0.294. The van der Waals surface area contributed by atoms with E-state index in [1.165, 1.54) is 12.3 Å². The van der Waals surface area contributed by atoms with Gasteiger partial charge >= 0.3 is 5.97 Å². The van der Waals surface area contributed by atoms with E-state index in [-0.39, 0.29) is 25.1 Å². The molecule has 0 fully saturated rings. The van der Waals surface area contributed by atoms with E-state index in [9.17, 15) is 9.59 Å². The van der Waals surface area contributed by atoms with Gasteiger partial charge < -0.3 is 23.5 Å². The number of ether oxygens (including phenoxy) is 3. The van der Waals surface area contributed by atoms with Crippen LogP contribution >= 0.6 is 0 Å². The van der Waals surface area contributed by atoms with E-state index in [1.807, 2.05) is 25.1 Å². The summed E-state index contributed by atoms with van der Waals surface area (Å²) in [5.41, 5.74) is 0.909. The van der Waals surface area contributed by atoms with Crippen LogP contribution in [0.5, 0.6) is 11.5 Å². The summed E-state index contributed by atoms with van der Waals surface area (Å²) in [5.74, 6) is 0.491. The van der Waals surface area contributed by atoms with Gasteiger partial charge in [0, 0.05) is 13.1 Å². The molecule has 3 rings (SSSR count). The topological polar surface area (TPSA) is 78.2 Å². The van der Waals surface area contributed by atoms with E-state index in [0.29, 0.717) is 24.6 Å². The Labute approximate surface area is 138 Å². The van der Waals surface area contributed by atoms with Gasteiger partial charge in [-0.3, -0.25) is 4.79 Å². The summed E-state index contributed by atoms with van der Waals surface area (Å²) in [6, 6.07) is 8.59. The highest BCUT2D eigenvalue weighted by Gasteiger charge is 2.19. The van der Waals surface area contributed by atoms with Crippen molar-refractivity contribution in [3.63, 3.8) is 0 Å². The number of fused-ring (bicyclic) bond motifs is 1. The molecule has 0 N–H and O–H groups in total. The number of carbonyl (C=O) groups excluding carboxylic acids is 2. The predicted molar refractivity (Wildman–Crippen MR) is 82.6 cm³/mol. The van der Waals surface area contributed by atoms with Crippen LogP contribution in [0.15, 0.2) is 41.0 Å². The Morgan fingerprint density at radius 3 is 2.79 bits per heavy atom. The minimum Gasteiger partial charge on any atom is -0.457 e. The number of hydrogen-bond donors (Lipinski definition) is 0. The van der Waals surface area contributed by atoms with Gasteiger partial charge in [-0.2, -0.15) is 0 Å². The minimum absolute atomic E-state index is 0.0709. The smallest absolute Gasteiger partial charge is 0.374 e. The quantitative estimate of drug-likeness (QED) is 0.755. The van der Waals surface area contributed by atoms with Crippen LogP contribution in [0.25, 0.3) is 0 Å². The first kappa shape index (κ1) is 15.9. The molecule has 1 aromatic carbocycles. The molecule has 0 unspecified atom stereocenters. The number of amides is 1. The highest BCUT2D eigenvalue weighted by molar-refractivity contribution is 5.88. The van der Waals surface area contributed by atoms with Crippen molar-refractivity contribution in [3.05, 3.63) is 47.9 Å². The van der Waals surface area contributed by atoms with Crippen molar-refractivity contribution in [3.8, 4) is 11.5 Å². The third-order valence-corrected chi connectivity index (χ3v) is 3.59. The van der Waals surface area contributed by atoms with E-state index in [2.05, 4.69) is 0 Å². The second-order valence-corrected chi connectivity index (χ2v) is 5.15. The fourth-order valence-electron chi connectivity index (χ4n) is 2.32. The van der Waals surface area contributed by atoms with Gasteiger partial charge in [-0.1, -0.05) is 6.07 Å². The molecule has 0 saturated heterocycles. The van der Waals surface area contributed by atoms with Gasteiger partial charge in [0.15, 0.2) is 18.1 Å². The molecule has 2 heterocycles. The number of carbonyl (C=O) groups is 2. The third kappa shape index (κ3) is 3.51. The molecule has 126 valence electrons. The molecule has 1 aliphatic heterocycles. The van der Waals surface area contributed by atoms with Gasteiger partial charge in [0.2, 0.25) is 12.6 Å². The Bertz CT molecular complexity index is 725. The number of benzene rings is 1. The lowest BCUT2D eigenvalue weighted by molar-refractivity contribution is -0.135. The molecule has 1 aromatic heterocycles. The predicted octanol–water partition coefficient (Wildman–Crippen LogP) is 2.21. The molecule has 7 nitrogen and oxygen atoms in total. The molecule has 24 heavy (non-hydrogen) atoms. The largest absolute Gasteiger partial charge is 0.457 e. The van der Waals surface area contributed by atoms with Gasteiger partial charge in [-0.05, 0) is 36.8 Å². The average molecular weight is 331 g/mol.